The van der Waals surface area contributed by atoms with E-state index in [9.17, 15) is 24.8 Å². The van der Waals surface area contributed by atoms with Gasteiger partial charge >= 0.3 is 5.97 Å². The van der Waals surface area contributed by atoms with E-state index in [4.69, 9.17) is 28.2 Å². The van der Waals surface area contributed by atoms with Crippen LogP contribution in [0.3, 0.4) is 0 Å². The Morgan fingerprint density at radius 2 is 2.00 bits per heavy atom. The predicted molar refractivity (Wildman–Crippen MR) is 130 cm³/mol. The molecular formula is C22H13ClN2O6S2. The lowest BCUT2D eigenvalue weighted by molar-refractivity contribution is -0.384. The Hall–Kier alpha value is -3.47. The van der Waals surface area contributed by atoms with Crippen molar-refractivity contribution in [2.24, 2.45) is 0 Å². The molecule has 11 heteroatoms. The van der Waals surface area contributed by atoms with Crippen LogP contribution in [0.5, 0.6) is 0 Å². The van der Waals surface area contributed by atoms with Crippen LogP contribution in [0.15, 0.2) is 57.9 Å². The minimum atomic E-state index is -1.11. The van der Waals surface area contributed by atoms with Gasteiger partial charge in [-0.15, -0.1) is 0 Å². The summed E-state index contributed by atoms with van der Waals surface area (Å²) in [5, 5.41) is 20.3. The van der Waals surface area contributed by atoms with Crippen molar-refractivity contribution in [2.45, 2.75) is 6.92 Å². The maximum Gasteiger partial charge on any atom is 0.335 e. The maximum absolute atomic E-state index is 13.1. The van der Waals surface area contributed by atoms with Gasteiger partial charge in [-0.05, 0) is 42.8 Å². The molecule has 1 aromatic heterocycles. The van der Waals surface area contributed by atoms with E-state index in [-0.39, 0.29) is 20.6 Å². The summed E-state index contributed by atoms with van der Waals surface area (Å²) in [7, 11) is 0. The number of thiocarbonyl (C=S) groups is 1. The van der Waals surface area contributed by atoms with E-state index in [2.05, 4.69) is 0 Å². The topological polar surface area (TPSA) is 114 Å². The number of nitro groups is 1. The molecule has 0 bridgehead atoms. The molecule has 0 atom stereocenters. The van der Waals surface area contributed by atoms with Gasteiger partial charge < -0.3 is 9.52 Å². The van der Waals surface area contributed by atoms with E-state index < -0.39 is 16.8 Å². The van der Waals surface area contributed by atoms with Crippen LogP contribution in [-0.4, -0.2) is 26.2 Å². The maximum atomic E-state index is 13.1. The van der Waals surface area contributed by atoms with Crippen molar-refractivity contribution < 1.29 is 24.0 Å². The number of hydrogen-bond acceptors (Lipinski definition) is 7. The third-order valence-electron chi connectivity index (χ3n) is 4.82. The van der Waals surface area contributed by atoms with Crippen LogP contribution < -0.4 is 4.90 Å². The fraction of sp³-hybridized carbons (Fsp3) is 0.0455. The van der Waals surface area contributed by atoms with Crippen molar-refractivity contribution in [3.8, 4) is 11.3 Å². The van der Waals surface area contributed by atoms with Gasteiger partial charge in [-0.1, -0.05) is 41.6 Å². The molecule has 1 N–H and O–H groups in total. The van der Waals surface area contributed by atoms with E-state index in [1.807, 2.05) is 0 Å². The van der Waals surface area contributed by atoms with Crippen molar-refractivity contribution in [2.75, 3.05) is 4.90 Å². The lowest BCUT2D eigenvalue weighted by Gasteiger charge is -2.17. The molecule has 0 aliphatic carbocycles. The van der Waals surface area contributed by atoms with Crippen LogP contribution in [-0.2, 0) is 4.79 Å². The molecule has 0 unspecified atom stereocenters. The second kappa shape index (κ2) is 8.81. The minimum absolute atomic E-state index is 0.0456. The molecule has 1 fully saturated rings. The number of furan rings is 1. The quantitative estimate of drug-likeness (QED) is 0.199. The molecule has 2 aromatic carbocycles. The minimum Gasteiger partial charge on any atom is -0.478 e. The Labute approximate surface area is 201 Å². The number of nitrogens with zero attached hydrogens (tertiary/aromatic N) is 2. The number of non-ortho nitro benzene ring substituents is 1. The van der Waals surface area contributed by atoms with Gasteiger partial charge in [-0.25, -0.2) is 4.79 Å². The Morgan fingerprint density at radius 1 is 1.24 bits per heavy atom. The second-order valence-electron chi connectivity index (χ2n) is 6.95. The summed E-state index contributed by atoms with van der Waals surface area (Å²) in [5.74, 6) is -0.773. The van der Waals surface area contributed by atoms with Crippen LogP contribution >= 0.6 is 35.6 Å². The van der Waals surface area contributed by atoms with Crippen molar-refractivity contribution in [3.63, 3.8) is 0 Å². The predicted octanol–water partition coefficient (Wildman–Crippen LogP) is 5.92. The zero-order chi connectivity index (χ0) is 23.9. The van der Waals surface area contributed by atoms with Crippen molar-refractivity contribution >= 4 is 69.2 Å². The molecule has 8 nitrogen and oxygen atoms in total. The van der Waals surface area contributed by atoms with E-state index in [0.717, 1.165) is 11.8 Å². The second-order valence-corrected chi connectivity index (χ2v) is 9.03. The van der Waals surface area contributed by atoms with Crippen molar-refractivity contribution in [1.82, 2.24) is 0 Å². The third kappa shape index (κ3) is 4.40. The molecule has 2 heterocycles. The summed E-state index contributed by atoms with van der Waals surface area (Å²) in [6.07, 6.45) is 1.53. The number of nitro benzene ring substituents is 1. The molecule has 33 heavy (non-hydrogen) atoms. The van der Waals surface area contributed by atoms with E-state index in [1.54, 1.807) is 25.1 Å². The number of aromatic carboxylic acids is 1. The summed E-state index contributed by atoms with van der Waals surface area (Å²) < 4.78 is 6.04. The molecular weight excluding hydrogens is 488 g/mol. The zero-order valence-corrected chi connectivity index (χ0v) is 19.2. The summed E-state index contributed by atoms with van der Waals surface area (Å²) in [6.45, 7) is 1.76. The first-order valence-electron chi connectivity index (χ1n) is 9.32. The molecule has 0 radical (unpaired) electrons. The van der Waals surface area contributed by atoms with Gasteiger partial charge in [0.1, 0.15) is 11.5 Å². The fourth-order valence-electron chi connectivity index (χ4n) is 3.18. The molecule has 1 aliphatic rings. The first kappa shape index (κ1) is 22.7. The number of carbonyl (C=O) groups is 2. The number of carboxylic acids is 1. The fourth-order valence-corrected chi connectivity index (χ4v) is 4.71. The smallest absolute Gasteiger partial charge is 0.335 e. The van der Waals surface area contributed by atoms with Gasteiger partial charge in [0.25, 0.3) is 11.6 Å². The molecule has 4 rings (SSSR count). The molecule has 0 spiro atoms. The molecule has 3 aromatic rings. The van der Waals surface area contributed by atoms with Crippen molar-refractivity contribution in [3.05, 3.63) is 85.5 Å². The average molecular weight is 501 g/mol. The zero-order valence-electron chi connectivity index (χ0n) is 16.8. The van der Waals surface area contributed by atoms with E-state index in [0.29, 0.717) is 33.2 Å². The third-order valence-corrected chi connectivity index (χ3v) is 6.43. The molecule has 1 saturated heterocycles. The van der Waals surface area contributed by atoms with Gasteiger partial charge in [0, 0.05) is 23.8 Å². The number of aryl methyl sites for hydroxylation is 1. The number of benzene rings is 2. The number of halogens is 1. The van der Waals surface area contributed by atoms with E-state index in [1.165, 1.54) is 41.3 Å². The van der Waals surface area contributed by atoms with Crippen LogP contribution in [0.4, 0.5) is 11.4 Å². The van der Waals surface area contributed by atoms with E-state index >= 15 is 0 Å². The lowest BCUT2D eigenvalue weighted by Crippen LogP contribution is -2.28. The highest BCUT2D eigenvalue weighted by Crippen LogP contribution is 2.39. The Morgan fingerprint density at radius 3 is 2.67 bits per heavy atom. The highest BCUT2D eigenvalue weighted by atomic mass is 35.5. The standard InChI is InChI=1S/C22H13ClN2O6S2/c1-11-2-3-12(21(27)28)8-17(11)24-20(26)19(33-22(24)32)10-14-5-7-18(31-14)15-6-4-13(25(29)30)9-16(15)23/h2-10H,1H3,(H,27,28)/b19-10+. The summed E-state index contributed by atoms with van der Waals surface area (Å²) >= 11 is 12.6. The van der Waals surface area contributed by atoms with Crippen LogP contribution in [0, 0.1) is 17.0 Å². The first-order chi connectivity index (χ1) is 15.7. The molecule has 0 saturated carbocycles. The number of carboxylic acid groups (broad SMARTS) is 1. The lowest BCUT2D eigenvalue weighted by atomic mass is 10.1. The average Bonchev–Trinajstić information content (AvgIpc) is 3.32. The molecule has 1 amide bonds. The number of thioether (sulfide) groups is 1. The van der Waals surface area contributed by atoms with Crippen LogP contribution in [0.2, 0.25) is 5.02 Å². The number of rotatable bonds is 5. The van der Waals surface area contributed by atoms with Gasteiger partial charge in [-0.2, -0.15) is 0 Å². The van der Waals surface area contributed by atoms with Crippen LogP contribution in [0.1, 0.15) is 21.7 Å². The highest BCUT2D eigenvalue weighted by Gasteiger charge is 2.34. The summed E-state index contributed by atoms with van der Waals surface area (Å²) in [6, 6.07) is 11.8. The Balaban J connectivity index is 1.63. The van der Waals surface area contributed by atoms with Gasteiger partial charge in [-0.3, -0.25) is 19.8 Å². The molecule has 166 valence electrons. The largest absolute Gasteiger partial charge is 0.478 e. The normalized spacial score (nSPS) is 14.8. The highest BCUT2D eigenvalue weighted by molar-refractivity contribution is 8.27. The monoisotopic (exact) mass is 500 g/mol. The Kier molecular flexibility index (Phi) is 6.07. The number of amides is 1. The SMILES string of the molecule is Cc1ccc(C(=O)O)cc1N1C(=O)/C(=C\c2ccc(-c3ccc([N+](=O)[O-])cc3Cl)o2)SC1=S. The van der Waals surface area contributed by atoms with Gasteiger partial charge in [0.2, 0.25) is 0 Å². The number of hydrogen-bond donors (Lipinski definition) is 1. The van der Waals surface area contributed by atoms with Gasteiger partial charge in [0.05, 0.1) is 26.1 Å². The number of carbonyl (C=O) groups excluding carboxylic acids is 1. The Bertz CT molecular complexity index is 1380. The summed E-state index contributed by atoms with van der Waals surface area (Å²) in [5.41, 5.74) is 1.48. The number of anilines is 1. The molecule has 1 aliphatic heterocycles. The van der Waals surface area contributed by atoms with Crippen molar-refractivity contribution in [1.29, 1.82) is 0 Å². The van der Waals surface area contributed by atoms with Crippen LogP contribution in [0.25, 0.3) is 17.4 Å². The van der Waals surface area contributed by atoms with Gasteiger partial charge in [0.15, 0.2) is 4.32 Å². The first-order valence-corrected chi connectivity index (χ1v) is 10.9. The summed E-state index contributed by atoms with van der Waals surface area (Å²) in [4.78, 5) is 36.3.